The fraction of sp³-hybridized carbons (Fsp3) is 0.571. The van der Waals surface area contributed by atoms with Crippen molar-refractivity contribution in [3.05, 3.63) is 35.1 Å². The van der Waals surface area contributed by atoms with E-state index < -0.39 is 0 Å². The predicted octanol–water partition coefficient (Wildman–Crippen LogP) is 1.56. The molecule has 2 rings (SSSR count). The molecule has 0 unspecified atom stereocenters. The Labute approximate surface area is 108 Å². The van der Waals surface area contributed by atoms with Gasteiger partial charge in [-0.1, -0.05) is 6.07 Å². The summed E-state index contributed by atoms with van der Waals surface area (Å²) in [5, 5.41) is 3.35. The summed E-state index contributed by atoms with van der Waals surface area (Å²) in [5.74, 6) is -0.153. The van der Waals surface area contributed by atoms with E-state index in [-0.39, 0.29) is 5.82 Å². The van der Waals surface area contributed by atoms with Gasteiger partial charge in [-0.3, -0.25) is 4.90 Å². The number of aryl methyl sites for hydroxylation is 1. The van der Waals surface area contributed by atoms with Crippen molar-refractivity contribution in [3.8, 4) is 0 Å². The van der Waals surface area contributed by atoms with Crippen LogP contribution >= 0.6 is 0 Å². The molecule has 1 aliphatic rings. The summed E-state index contributed by atoms with van der Waals surface area (Å²) in [7, 11) is 0. The van der Waals surface area contributed by atoms with Gasteiger partial charge in [0.05, 0.1) is 13.2 Å². The van der Waals surface area contributed by atoms with E-state index in [4.69, 9.17) is 4.74 Å². The molecule has 1 heterocycles. The molecule has 0 amide bonds. The van der Waals surface area contributed by atoms with Gasteiger partial charge in [0.15, 0.2) is 0 Å². The SMILES string of the molecule is Cc1cc(F)cc(CNCCN2CCOCC2)c1. The third-order valence-electron chi connectivity index (χ3n) is 3.14. The molecule has 1 saturated heterocycles. The van der Waals surface area contributed by atoms with E-state index in [1.165, 1.54) is 0 Å². The van der Waals surface area contributed by atoms with E-state index >= 15 is 0 Å². The van der Waals surface area contributed by atoms with Crippen molar-refractivity contribution in [2.75, 3.05) is 39.4 Å². The van der Waals surface area contributed by atoms with Crippen molar-refractivity contribution in [1.29, 1.82) is 0 Å². The molecule has 100 valence electrons. The number of nitrogens with zero attached hydrogens (tertiary/aromatic N) is 1. The molecule has 4 heteroatoms. The molecule has 1 aromatic carbocycles. The van der Waals surface area contributed by atoms with Crippen LogP contribution in [0.5, 0.6) is 0 Å². The molecule has 1 aromatic rings. The Morgan fingerprint density at radius 2 is 2.06 bits per heavy atom. The van der Waals surface area contributed by atoms with E-state index in [2.05, 4.69) is 10.2 Å². The van der Waals surface area contributed by atoms with Gasteiger partial charge >= 0.3 is 0 Å². The van der Waals surface area contributed by atoms with Gasteiger partial charge in [-0.05, 0) is 30.2 Å². The number of ether oxygens (including phenoxy) is 1. The van der Waals surface area contributed by atoms with E-state index in [0.717, 1.165) is 57.1 Å². The first-order valence-corrected chi connectivity index (χ1v) is 6.51. The summed E-state index contributed by atoms with van der Waals surface area (Å²) in [6.07, 6.45) is 0. The highest BCUT2D eigenvalue weighted by atomic mass is 19.1. The number of hydrogen-bond donors (Lipinski definition) is 1. The molecule has 0 spiro atoms. The van der Waals surface area contributed by atoms with Crippen molar-refractivity contribution in [1.82, 2.24) is 10.2 Å². The van der Waals surface area contributed by atoms with Gasteiger partial charge in [0, 0.05) is 32.7 Å². The standard InChI is InChI=1S/C14H21FN2O/c1-12-8-13(10-14(15)9-12)11-16-2-3-17-4-6-18-7-5-17/h8-10,16H,2-7,11H2,1H3. The fourth-order valence-corrected chi connectivity index (χ4v) is 2.21. The Balaban J connectivity index is 1.68. The summed E-state index contributed by atoms with van der Waals surface area (Å²) in [5.41, 5.74) is 1.98. The van der Waals surface area contributed by atoms with Crippen LogP contribution in [0.1, 0.15) is 11.1 Å². The number of halogens is 1. The third kappa shape index (κ3) is 4.37. The zero-order valence-electron chi connectivity index (χ0n) is 10.9. The predicted molar refractivity (Wildman–Crippen MR) is 70.1 cm³/mol. The zero-order valence-corrected chi connectivity index (χ0v) is 10.9. The molecular formula is C14H21FN2O. The topological polar surface area (TPSA) is 24.5 Å². The zero-order chi connectivity index (χ0) is 12.8. The van der Waals surface area contributed by atoms with Crippen LogP contribution in [-0.4, -0.2) is 44.3 Å². The van der Waals surface area contributed by atoms with Crippen LogP contribution in [0, 0.1) is 12.7 Å². The van der Waals surface area contributed by atoms with Gasteiger partial charge in [0.25, 0.3) is 0 Å². The van der Waals surface area contributed by atoms with Gasteiger partial charge < -0.3 is 10.1 Å². The quantitative estimate of drug-likeness (QED) is 0.805. The normalized spacial score (nSPS) is 17.0. The first kappa shape index (κ1) is 13.5. The Hall–Kier alpha value is -0.970. The monoisotopic (exact) mass is 252 g/mol. The second-order valence-electron chi connectivity index (χ2n) is 4.77. The summed E-state index contributed by atoms with van der Waals surface area (Å²) in [6.45, 7) is 8.30. The lowest BCUT2D eigenvalue weighted by molar-refractivity contribution is 0.0384. The van der Waals surface area contributed by atoms with Gasteiger partial charge in [0.1, 0.15) is 5.82 Å². The van der Waals surface area contributed by atoms with Crippen LogP contribution in [-0.2, 0) is 11.3 Å². The molecule has 0 bridgehead atoms. The lowest BCUT2D eigenvalue weighted by Gasteiger charge is -2.26. The average molecular weight is 252 g/mol. The summed E-state index contributed by atoms with van der Waals surface area (Å²) < 4.78 is 18.5. The maximum Gasteiger partial charge on any atom is 0.123 e. The first-order chi connectivity index (χ1) is 8.74. The van der Waals surface area contributed by atoms with Crippen LogP contribution in [0.4, 0.5) is 4.39 Å². The highest BCUT2D eigenvalue weighted by Gasteiger charge is 2.08. The van der Waals surface area contributed by atoms with Crippen LogP contribution < -0.4 is 5.32 Å². The van der Waals surface area contributed by atoms with Gasteiger partial charge in [0.2, 0.25) is 0 Å². The molecule has 0 aliphatic carbocycles. The van der Waals surface area contributed by atoms with E-state index in [1.54, 1.807) is 12.1 Å². The fourth-order valence-electron chi connectivity index (χ4n) is 2.21. The first-order valence-electron chi connectivity index (χ1n) is 6.51. The lowest BCUT2D eigenvalue weighted by atomic mass is 10.1. The van der Waals surface area contributed by atoms with Crippen LogP contribution in [0.15, 0.2) is 18.2 Å². The molecule has 0 saturated carbocycles. The van der Waals surface area contributed by atoms with Crippen LogP contribution in [0.3, 0.4) is 0 Å². The second-order valence-corrected chi connectivity index (χ2v) is 4.77. The van der Waals surface area contributed by atoms with Gasteiger partial charge in [-0.25, -0.2) is 4.39 Å². The maximum atomic E-state index is 13.2. The minimum absolute atomic E-state index is 0.153. The highest BCUT2D eigenvalue weighted by Crippen LogP contribution is 2.07. The summed E-state index contributed by atoms with van der Waals surface area (Å²) in [4.78, 5) is 2.38. The van der Waals surface area contributed by atoms with Crippen molar-refractivity contribution in [2.45, 2.75) is 13.5 Å². The van der Waals surface area contributed by atoms with Crippen molar-refractivity contribution in [2.24, 2.45) is 0 Å². The van der Waals surface area contributed by atoms with E-state index in [1.807, 2.05) is 13.0 Å². The highest BCUT2D eigenvalue weighted by molar-refractivity contribution is 5.23. The van der Waals surface area contributed by atoms with Crippen molar-refractivity contribution >= 4 is 0 Å². The van der Waals surface area contributed by atoms with Crippen LogP contribution in [0.2, 0.25) is 0 Å². The Bertz CT molecular complexity index is 358. The lowest BCUT2D eigenvalue weighted by Crippen LogP contribution is -2.40. The Morgan fingerprint density at radius 3 is 2.78 bits per heavy atom. The molecule has 3 nitrogen and oxygen atoms in total. The molecule has 18 heavy (non-hydrogen) atoms. The number of nitrogens with one attached hydrogen (secondary N) is 1. The largest absolute Gasteiger partial charge is 0.379 e. The molecule has 0 aromatic heterocycles. The molecule has 0 atom stereocenters. The van der Waals surface area contributed by atoms with E-state index in [0.29, 0.717) is 0 Å². The molecule has 1 N–H and O–H groups in total. The smallest absolute Gasteiger partial charge is 0.123 e. The maximum absolute atomic E-state index is 13.2. The van der Waals surface area contributed by atoms with Crippen LogP contribution in [0.25, 0.3) is 0 Å². The van der Waals surface area contributed by atoms with Crippen molar-refractivity contribution in [3.63, 3.8) is 0 Å². The minimum Gasteiger partial charge on any atom is -0.379 e. The minimum atomic E-state index is -0.153. The van der Waals surface area contributed by atoms with Crippen molar-refractivity contribution < 1.29 is 9.13 Å². The number of rotatable bonds is 5. The number of hydrogen-bond acceptors (Lipinski definition) is 3. The molecule has 1 fully saturated rings. The number of benzene rings is 1. The average Bonchev–Trinajstić information content (AvgIpc) is 2.35. The van der Waals surface area contributed by atoms with E-state index in [9.17, 15) is 4.39 Å². The summed E-state index contributed by atoms with van der Waals surface area (Å²) >= 11 is 0. The molecule has 0 radical (unpaired) electrons. The molecule has 1 aliphatic heterocycles. The summed E-state index contributed by atoms with van der Waals surface area (Å²) in [6, 6.07) is 5.16. The Kier molecular flexibility index (Phi) is 5.11. The second kappa shape index (κ2) is 6.83. The molecular weight excluding hydrogens is 231 g/mol. The Morgan fingerprint density at radius 1 is 1.28 bits per heavy atom. The van der Waals surface area contributed by atoms with Gasteiger partial charge in [-0.2, -0.15) is 0 Å². The third-order valence-corrected chi connectivity index (χ3v) is 3.14. The van der Waals surface area contributed by atoms with Gasteiger partial charge in [-0.15, -0.1) is 0 Å². The number of morpholine rings is 1.